The first-order valence-electron chi connectivity index (χ1n) is 9.32. The number of H-pyrrole nitrogens is 1. The van der Waals surface area contributed by atoms with E-state index in [0.29, 0.717) is 44.7 Å². The Kier molecular flexibility index (Phi) is 5.83. The van der Waals surface area contributed by atoms with Crippen LogP contribution in [-0.4, -0.2) is 68.0 Å². The molecule has 1 fully saturated rings. The first-order valence-corrected chi connectivity index (χ1v) is 9.32. The lowest BCUT2D eigenvalue weighted by Crippen LogP contribution is -2.37. The van der Waals surface area contributed by atoms with E-state index >= 15 is 0 Å². The lowest BCUT2D eigenvalue weighted by atomic mass is 10.1. The molecule has 0 aliphatic carbocycles. The second-order valence-corrected chi connectivity index (χ2v) is 6.99. The fourth-order valence-electron chi connectivity index (χ4n) is 3.20. The van der Waals surface area contributed by atoms with Crippen LogP contribution >= 0.6 is 0 Å². The van der Waals surface area contributed by atoms with E-state index in [0.717, 1.165) is 29.1 Å². The molecule has 1 N–H and O–H groups in total. The van der Waals surface area contributed by atoms with Crippen molar-refractivity contribution in [3.63, 3.8) is 0 Å². The normalized spacial score (nSPS) is 14.9. The van der Waals surface area contributed by atoms with Crippen LogP contribution in [0.3, 0.4) is 0 Å². The molecular weight excluding hydrogens is 344 g/mol. The summed E-state index contributed by atoms with van der Waals surface area (Å²) in [6.45, 7) is 8.18. The third-order valence-electron chi connectivity index (χ3n) is 5.07. The summed E-state index contributed by atoms with van der Waals surface area (Å²) >= 11 is 0. The molecule has 8 heteroatoms. The minimum Gasteiger partial charge on any atom is -0.341 e. The van der Waals surface area contributed by atoms with Crippen LogP contribution in [0.15, 0.2) is 12.4 Å². The average Bonchev–Trinajstić information content (AvgIpc) is 2.87. The van der Waals surface area contributed by atoms with Gasteiger partial charge in [0.25, 0.3) is 5.91 Å². The Hall–Kier alpha value is -2.77. The topological polar surface area (TPSA) is 95.1 Å². The summed E-state index contributed by atoms with van der Waals surface area (Å²) in [5.41, 5.74) is 4.24. The molecule has 144 valence electrons. The van der Waals surface area contributed by atoms with E-state index in [1.807, 2.05) is 25.7 Å². The van der Waals surface area contributed by atoms with Crippen molar-refractivity contribution in [1.82, 2.24) is 30.0 Å². The molecule has 0 spiro atoms. The Morgan fingerprint density at radius 2 is 1.78 bits per heavy atom. The molecule has 0 saturated carbocycles. The molecule has 1 aliphatic rings. The van der Waals surface area contributed by atoms with E-state index < -0.39 is 0 Å². The molecular formula is C19H26N6O2. The van der Waals surface area contributed by atoms with Gasteiger partial charge in [-0.25, -0.2) is 4.98 Å². The van der Waals surface area contributed by atoms with Crippen molar-refractivity contribution >= 4 is 11.8 Å². The molecule has 27 heavy (non-hydrogen) atoms. The minimum absolute atomic E-state index is 0.111. The van der Waals surface area contributed by atoms with Crippen LogP contribution in [-0.2, 0) is 11.2 Å². The summed E-state index contributed by atoms with van der Waals surface area (Å²) in [7, 11) is 0. The molecule has 1 saturated heterocycles. The molecule has 0 atom stereocenters. The van der Waals surface area contributed by atoms with Crippen LogP contribution < -0.4 is 0 Å². The molecule has 2 aromatic heterocycles. The highest BCUT2D eigenvalue weighted by molar-refractivity contribution is 5.92. The highest BCUT2D eigenvalue weighted by atomic mass is 16.2. The summed E-state index contributed by atoms with van der Waals surface area (Å²) in [6.07, 6.45) is 4.94. The summed E-state index contributed by atoms with van der Waals surface area (Å²) in [4.78, 5) is 37.1. The zero-order valence-electron chi connectivity index (χ0n) is 16.2. The molecule has 8 nitrogen and oxygen atoms in total. The van der Waals surface area contributed by atoms with E-state index in [-0.39, 0.29) is 11.8 Å². The van der Waals surface area contributed by atoms with E-state index in [1.54, 1.807) is 11.1 Å². The lowest BCUT2D eigenvalue weighted by molar-refractivity contribution is -0.131. The van der Waals surface area contributed by atoms with Gasteiger partial charge in [0.2, 0.25) is 5.91 Å². The Balaban J connectivity index is 1.54. The molecule has 3 rings (SSSR count). The van der Waals surface area contributed by atoms with E-state index in [2.05, 4.69) is 20.2 Å². The zero-order chi connectivity index (χ0) is 19.4. The number of nitrogens with one attached hydrogen (secondary N) is 1. The van der Waals surface area contributed by atoms with Crippen LogP contribution in [0.25, 0.3) is 0 Å². The summed E-state index contributed by atoms with van der Waals surface area (Å²) in [5.74, 6) is -0.0149. The fraction of sp³-hybridized carbons (Fsp3) is 0.526. The molecule has 3 heterocycles. The predicted octanol–water partition coefficient (Wildman–Crippen LogP) is 1.43. The number of nitrogens with zero attached hydrogens (tertiary/aromatic N) is 5. The second kappa shape index (κ2) is 8.28. The first kappa shape index (κ1) is 19.0. The number of carbonyl (C=O) groups is 2. The van der Waals surface area contributed by atoms with Gasteiger partial charge in [-0.3, -0.25) is 19.7 Å². The van der Waals surface area contributed by atoms with Crippen molar-refractivity contribution in [3.8, 4) is 0 Å². The molecule has 0 bridgehead atoms. The number of rotatable bonds is 4. The average molecular weight is 370 g/mol. The van der Waals surface area contributed by atoms with Gasteiger partial charge in [-0.2, -0.15) is 5.10 Å². The standard InChI is InChI=1S/C19H26N6O2/c1-13-11-21-17(12-20-13)19(27)25-8-4-7-24(9-10-25)18(26)6-5-16-14(2)15(3)22-23-16/h11-12H,4-10H2,1-3H3,(H,22,23). The second-order valence-electron chi connectivity index (χ2n) is 6.99. The quantitative estimate of drug-likeness (QED) is 0.878. The third kappa shape index (κ3) is 4.50. The van der Waals surface area contributed by atoms with Gasteiger partial charge < -0.3 is 9.80 Å². The van der Waals surface area contributed by atoms with Crippen molar-refractivity contribution in [2.24, 2.45) is 0 Å². The summed E-state index contributed by atoms with van der Waals surface area (Å²) in [5, 5.41) is 7.22. The highest BCUT2D eigenvalue weighted by Crippen LogP contribution is 2.13. The molecule has 2 aromatic rings. The van der Waals surface area contributed by atoms with Crippen molar-refractivity contribution in [2.75, 3.05) is 26.2 Å². The predicted molar refractivity (Wildman–Crippen MR) is 100 cm³/mol. The summed E-state index contributed by atoms with van der Waals surface area (Å²) in [6, 6.07) is 0. The number of aryl methyl sites for hydroxylation is 3. The Morgan fingerprint density at radius 1 is 1.04 bits per heavy atom. The van der Waals surface area contributed by atoms with E-state index in [9.17, 15) is 9.59 Å². The van der Waals surface area contributed by atoms with E-state index in [1.165, 1.54) is 6.20 Å². The van der Waals surface area contributed by atoms with Gasteiger partial charge in [-0.15, -0.1) is 0 Å². The zero-order valence-corrected chi connectivity index (χ0v) is 16.2. The molecule has 0 aromatic carbocycles. The van der Waals surface area contributed by atoms with Gasteiger partial charge in [0.05, 0.1) is 17.6 Å². The number of hydrogen-bond donors (Lipinski definition) is 1. The lowest BCUT2D eigenvalue weighted by Gasteiger charge is -2.22. The minimum atomic E-state index is -0.126. The maximum Gasteiger partial charge on any atom is 0.274 e. The van der Waals surface area contributed by atoms with Crippen molar-refractivity contribution in [2.45, 2.75) is 40.0 Å². The van der Waals surface area contributed by atoms with Crippen LogP contribution in [0.4, 0.5) is 0 Å². The number of amides is 2. The number of aromatic amines is 1. The fourth-order valence-corrected chi connectivity index (χ4v) is 3.20. The Morgan fingerprint density at radius 3 is 2.44 bits per heavy atom. The molecule has 0 radical (unpaired) electrons. The van der Waals surface area contributed by atoms with Crippen molar-refractivity contribution in [3.05, 3.63) is 40.7 Å². The van der Waals surface area contributed by atoms with Gasteiger partial charge in [0.15, 0.2) is 0 Å². The SMILES string of the molecule is Cc1cnc(C(=O)N2CCCN(C(=O)CCc3n[nH]c(C)c3C)CC2)cn1. The maximum atomic E-state index is 12.6. The monoisotopic (exact) mass is 370 g/mol. The van der Waals surface area contributed by atoms with Crippen LogP contribution in [0.2, 0.25) is 0 Å². The van der Waals surface area contributed by atoms with Gasteiger partial charge in [-0.05, 0) is 32.8 Å². The maximum absolute atomic E-state index is 12.6. The van der Waals surface area contributed by atoms with Crippen LogP contribution in [0.5, 0.6) is 0 Å². The van der Waals surface area contributed by atoms with Crippen molar-refractivity contribution < 1.29 is 9.59 Å². The number of carbonyl (C=O) groups excluding carboxylic acids is 2. The molecule has 0 unspecified atom stereocenters. The highest BCUT2D eigenvalue weighted by Gasteiger charge is 2.23. The number of aromatic nitrogens is 4. The summed E-state index contributed by atoms with van der Waals surface area (Å²) < 4.78 is 0. The Labute approximate surface area is 159 Å². The molecule has 2 amide bonds. The third-order valence-corrected chi connectivity index (χ3v) is 5.07. The van der Waals surface area contributed by atoms with E-state index in [4.69, 9.17) is 0 Å². The first-order chi connectivity index (χ1) is 13.0. The van der Waals surface area contributed by atoms with Gasteiger partial charge >= 0.3 is 0 Å². The largest absolute Gasteiger partial charge is 0.341 e. The van der Waals surface area contributed by atoms with Gasteiger partial charge in [0, 0.05) is 50.9 Å². The van der Waals surface area contributed by atoms with Gasteiger partial charge in [0.1, 0.15) is 5.69 Å². The number of hydrogen-bond acceptors (Lipinski definition) is 5. The smallest absolute Gasteiger partial charge is 0.274 e. The van der Waals surface area contributed by atoms with Gasteiger partial charge in [-0.1, -0.05) is 0 Å². The van der Waals surface area contributed by atoms with Crippen LogP contribution in [0.1, 0.15) is 46.0 Å². The van der Waals surface area contributed by atoms with Crippen molar-refractivity contribution in [1.29, 1.82) is 0 Å². The molecule has 1 aliphatic heterocycles. The van der Waals surface area contributed by atoms with Crippen LogP contribution in [0, 0.1) is 20.8 Å². The Bertz CT molecular complexity index is 814.